The molecule has 0 spiro atoms. The zero-order valence-electron chi connectivity index (χ0n) is 7.57. The standard InChI is InChI=1S/C9H8ClN3O/c1-6-2-3-11-7(4-6)9-12-8(5-10)14-13-9/h2-4H,5H2,1H3. The first-order chi connectivity index (χ1) is 6.79. The Bertz CT molecular complexity index is 441. The monoisotopic (exact) mass is 209 g/mol. The van der Waals surface area contributed by atoms with E-state index >= 15 is 0 Å². The van der Waals surface area contributed by atoms with Crippen LogP contribution in [0.15, 0.2) is 22.9 Å². The Hall–Kier alpha value is -1.42. The van der Waals surface area contributed by atoms with Crippen LogP contribution in [0.25, 0.3) is 11.5 Å². The number of hydrogen-bond acceptors (Lipinski definition) is 4. The van der Waals surface area contributed by atoms with Crippen LogP contribution in [0.3, 0.4) is 0 Å². The van der Waals surface area contributed by atoms with Crippen LogP contribution in [0.2, 0.25) is 0 Å². The summed E-state index contributed by atoms with van der Waals surface area (Å²) >= 11 is 5.54. The first kappa shape index (κ1) is 9.15. The zero-order valence-corrected chi connectivity index (χ0v) is 8.32. The Kier molecular flexibility index (Phi) is 2.45. The Morgan fingerprint density at radius 1 is 1.50 bits per heavy atom. The summed E-state index contributed by atoms with van der Waals surface area (Å²) in [6, 6.07) is 3.80. The number of hydrogen-bond donors (Lipinski definition) is 0. The molecule has 0 aliphatic heterocycles. The summed E-state index contributed by atoms with van der Waals surface area (Å²) < 4.78 is 4.88. The lowest BCUT2D eigenvalue weighted by molar-refractivity contribution is 0.391. The largest absolute Gasteiger partial charge is 0.338 e. The first-order valence-electron chi connectivity index (χ1n) is 4.11. The minimum absolute atomic E-state index is 0.221. The van der Waals surface area contributed by atoms with Crippen LogP contribution in [0.1, 0.15) is 11.5 Å². The number of halogens is 1. The van der Waals surface area contributed by atoms with Gasteiger partial charge in [0.2, 0.25) is 11.7 Å². The van der Waals surface area contributed by atoms with Gasteiger partial charge < -0.3 is 4.52 Å². The summed E-state index contributed by atoms with van der Waals surface area (Å²) in [4.78, 5) is 8.20. The molecule has 14 heavy (non-hydrogen) atoms. The number of nitrogens with zero attached hydrogens (tertiary/aromatic N) is 3. The zero-order chi connectivity index (χ0) is 9.97. The van der Waals surface area contributed by atoms with Gasteiger partial charge in [0.1, 0.15) is 11.6 Å². The fourth-order valence-corrected chi connectivity index (χ4v) is 1.18. The number of pyridine rings is 1. The van der Waals surface area contributed by atoms with Crippen molar-refractivity contribution < 1.29 is 4.52 Å². The molecule has 2 heterocycles. The van der Waals surface area contributed by atoms with Crippen molar-refractivity contribution >= 4 is 11.6 Å². The Morgan fingerprint density at radius 3 is 3.00 bits per heavy atom. The molecule has 0 aliphatic rings. The molecule has 2 aromatic heterocycles. The van der Waals surface area contributed by atoms with Gasteiger partial charge in [0.25, 0.3) is 0 Å². The van der Waals surface area contributed by atoms with Crippen LogP contribution in [0.5, 0.6) is 0 Å². The summed E-state index contributed by atoms with van der Waals surface area (Å²) in [7, 11) is 0. The maximum Gasteiger partial charge on any atom is 0.241 e. The molecule has 4 nitrogen and oxygen atoms in total. The normalized spacial score (nSPS) is 10.4. The van der Waals surface area contributed by atoms with Gasteiger partial charge in [-0.15, -0.1) is 11.6 Å². The number of aromatic nitrogens is 3. The summed E-state index contributed by atoms with van der Waals surface area (Å²) in [5, 5.41) is 3.77. The SMILES string of the molecule is Cc1ccnc(-c2noc(CCl)n2)c1. The average Bonchev–Trinajstić information content (AvgIpc) is 2.66. The molecule has 0 radical (unpaired) electrons. The summed E-state index contributed by atoms with van der Waals surface area (Å²) in [5.74, 6) is 1.10. The van der Waals surface area contributed by atoms with E-state index in [0.29, 0.717) is 17.4 Å². The summed E-state index contributed by atoms with van der Waals surface area (Å²) in [6.45, 7) is 1.98. The van der Waals surface area contributed by atoms with E-state index in [4.69, 9.17) is 16.1 Å². The van der Waals surface area contributed by atoms with Gasteiger partial charge in [-0.2, -0.15) is 4.98 Å². The highest BCUT2D eigenvalue weighted by Gasteiger charge is 2.08. The second-order valence-corrected chi connectivity index (χ2v) is 3.13. The molecule has 0 amide bonds. The van der Waals surface area contributed by atoms with Gasteiger partial charge in [0.15, 0.2) is 0 Å². The van der Waals surface area contributed by atoms with E-state index in [1.54, 1.807) is 6.20 Å². The van der Waals surface area contributed by atoms with E-state index in [1.807, 2.05) is 19.1 Å². The predicted molar refractivity (Wildman–Crippen MR) is 51.8 cm³/mol. The molecule has 0 saturated heterocycles. The summed E-state index contributed by atoms with van der Waals surface area (Å²) in [6.07, 6.45) is 1.71. The number of alkyl halides is 1. The van der Waals surface area contributed by atoms with Crippen molar-refractivity contribution in [1.82, 2.24) is 15.1 Å². The van der Waals surface area contributed by atoms with E-state index in [0.717, 1.165) is 5.56 Å². The lowest BCUT2D eigenvalue weighted by Gasteiger charge is -1.93. The molecule has 0 saturated carbocycles. The molecule has 72 valence electrons. The van der Waals surface area contributed by atoms with Gasteiger partial charge in [0.05, 0.1) is 0 Å². The van der Waals surface area contributed by atoms with Crippen molar-refractivity contribution in [3.8, 4) is 11.5 Å². The highest BCUT2D eigenvalue weighted by atomic mass is 35.5. The third-order valence-corrected chi connectivity index (χ3v) is 1.96. The van der Waals surface area contributed by atoms with Crippen molar-refractivity contribution in [2.24, 2.45) is 0 Å². The van der Waals surface area contributed by atoms with Crippen molar-refractivity contribution in [1.29, 1.82) is 0 Å². The molecular formula is C9H8ClN3O. The Balaban J connectivity index is 2.39. The van der Waals surface area contributed by atoms with Gasteiger partial charge in [-0.05, 0) is 24.6 Å². The molecular weight excluding hydrogens is 202 g/mol. The first-order valence-corrected chi connectivity index (χ1v) is 4.64. The van der Waals surface area contributed by atoms with E-state index in [1.165, 1.54) is 0 Å². The predicted octanol–water partition coefficient (Wildman–Crippen LogP) is 2.18. The van der Waals surface area contributed by atoms with Crippen LogP contribution in [0.4, 0.5) is 0 Å². The van der Waals surface area contributed by atoms with Crippen LogP contribution >= 0.6 is 11.6 Å². The van der Waals surface area contributed by atoms with E-state index < -0.39 is 0 Å². The third kappa shape index (κ3) is 1.75. The van der Waals surface area contributed by atoms with Gasteiger partial charge in [-0.3, -0.25) is 4.98 Å². The highest BCUT2D eigenvalue weighted by Crippen LogP contribution is 2.14. The smallest absolute Gasteiger partial charge is 0.241 e. The minimum atomic E-state index is 0.221. The van der Waals surface area contributed by atoms with Crippen LogP contribution in [-0.4, -0.2) is 15.1 Å². The molecule has 0 aromatic carbocycles. The van der Waals surface area contributed by atoms with Crippen LogP contribution < -0.4 is 0 Å². The molecule has 0 atom stereocenters. The highest BCUT2D eigenvalue weighted by molar-refractivity contribution is 6.16. The van der Waals surface area contributed by atoms with Crippen LogP contribution in [-0.2, 0) is 5.88 Å². The quantitative estimate of drug-likeness (QED) is 0.712. The van der Waals surface area contributed by atoms with E-state index in [9.17, 15) is 0 Å². The Labute approximate surface area is 85.9 Å². The van der Waals surface area contributed by atoms with Gasteiger partial charge >= 0.3 is 0 Å². The van der Waals surface area contributed by atoms with Crippen molar-refractivity contribution in [3.05, 3.63) is 29.8 Å². The van der Waals surface area contributed by atoms with E-state index in [-0.39, 0.29) is 5.88 Å². The molecule has 0 bridgehead atoms. The molecule has 2 aromatic rings. The van der Waals surface area contributed by atoms with Crippen LogP contribution in [0, 0.1) is 6.92 Å². The lowest BCUT2D eigenvalue weighted by Crippen LogP contribution is -1.86. The molecule has 2 rings (SSSR count). The minimum Gasteiger partial charge on any atom is -0.338 e. The second-order valence-electron chi connectivity index (χ2n) is 2.86. The second kappa shape index (κ2) is 3.75. The molecule has 0 fully saturated rings. The maximum absolute atomic E-state index is 5.54. The van der Waals surface area contributed by atoms with Crippen molar-refractivity contribution in [3.63, 3.8) is 0 Å². The maximum atomic E-state index is 5.54. The molecule has 0 aliphatic carbocycles. The molecule has 0 unspecified atom stereocenters. The Morgan fingerprint density at radius 2 is 2.36 bits per heavy atom. The van der Waals surface area contributed by atoms with Crippen molar-refractivity contribution in [2.45, 2.75) is 12.8 Å². The molecule has 5 heteroatoms. The summed E-state index contributed by atoms with van der Waals surface area (Å²) in [5.41, 5.74) is 1.80. The van der Waals surface area contributed by atoms with Gasteiger partial charge in [-0.1, -0.05) is 5.16 Å². The average molecular weight is 210 g/mol. The number of rotatable bonds is 2. The van der Waals surface area contributed by atoms with Gasteiger partial charge in [-0.25, -0.2) is 0 Å². The van der Waals surface area contributed by atoms with E-state index in [2.05, 4.69) is 15.1 Å². The van der Waals surface area contributed by atoms with Crippen molar-refractivity contribution in [2.75, 3.05) is 0 Å². The fourth-order valence-electron chi connectivity index (χ4n) is 1.07. The topological polar surface area (TPSA) is 51.8 Å². The third-order valence-electron chi connectivity index (χ3n) is 1.73. The van der Waals surface area contributed by atoms with Gasteiger partial charge in [0, 0.05) is 6.20 Å². The lowest BCUT2D eigenvalue weighted by atomic mass is 10.2. The number of aryl methyl sites for hydroxylation is 1. The molecule has 0 N–H and O–H groups in total. The fraction of sp³-hybridized carbons (Fsp3) is 0.222.